The third-order valence-electron chi connectivity index (χ3n) is 11.8. The SMILES string of the molecule is c1ccc(-c2cc(-c3ccccc3)nc(C3(c4ccc5c(c4)c4ccccc4n5-c4ccccc4)C4CC5CC(C4)CC3C5)n2)cc1. The molecule has 2 heterocycles. The summed E-state index contributed by atoms with van der Waals surface area (Å²) >= 11 is 0. The Hall–Kier alpha value is -5.02. The van der Waals surface area contributed by atoms with Gasteiger partial charge in [0.1, 0.15) is 5.82 Å². The first kappa shape index (κ1) is 27.1. The highest BCUT2D eigenvalue weighted by Gasteiger charge is 2.60. The zero-order chi connectivity index (χ0) is 31.0. The highest BCUT2D eigenvalue weighted by atomic mass is 15.0. The molecule has 4 bridgehead atoms. The molecule has 3 heteroatoms. The lowest BCUT2D eigenvalue weighted by molar-refractivity contribution is -0.0453. The van der Waals surface area contributed by atoms with Crippen LogP contribution in [0.3, 0.4) is 0 Å². The molecule has 47 heavy (non-hydrogen) atoms. The van der Waals surface area contributed by atoms with Gasteiger partial charge in [0.15, 0.2) is 0 Å². The molecule has 3 nitrogen and oxygen atoms in total. The first-order valence-corrected chi connectivity index (χ1v) is 17.3. The van der Waals surface area contributed by atoms with Crippen LogP contribution < -0.4 is 0 Å². The summed E-state index contributed by atoms with van der Waals surface area (Å²) in [5.41, 5.74) is 9.20. The number of rotatable bonds is 5. The first-order valence-electron chi connectivity index (χ1n) is 17.3. The number of hydrogen-bond donors (Lipinski definition) is 0. The van der Waals surface area contributed by atoms with Gasteiger partial charge in [-0.3, -0.25) is 0 Å². The molecule has 0 aliphatic heterocycles. The van der Waals surface area contributed by atoms with Gasteiger partial charge in [-0.1, -0.05) is 103 Å². The van der Waals surface area contributed by atoms with Crippen molar-refractivity contribution in [3.63, 3.8) is 0 Å². The van der Waals surface area contributed by atoms with Crippen LogP contribution in [0.25, 0.3) is 50.0 Å². The van der Waals surface area contributed by atoms with E-state index in [1.54, 1.807) is 0 Å². The molecule has 4 fully saturated rings. The van der Waals surface area contributed by atoms with Gasteiger partial charge < -0.3 is 4.57 Å². The normalized spacial score (nSPS) is 24.7. The maximum absolute atomic E-state index is 5.60. The van der Waals surface area contributed by atoms with Gasteiger partial charge >= 0.3 is 0 Å². The second kappa shape index (κ2) is 10.5. The van der Waals surface area contributed by atoms with E-state index in [0.29, 0.717) is 11.8 Å². The lowest BCUT2D eigenvalue weighted by Crippen LogP contribution is -2.56. The molecule has 4 aliphatic rings. The minimum atomic E-state index is -0.230. The first-order chi connectivity index (χ1) is 23.3. The lowest BCUT2D eigenvalue weighted by Gasteiger charge is -2.60. The monoisotopic (exact) mass is 607 g/mol. The largest absolute Gasteiger partial charge is 0.309 e. The van der Waals surface area contributed by atoms with Crippen LogP contribution in [-0.4, -0.2) is 14.5 Å². The highest BCUT2D eigenvalue weighted by molar-refractivity contribution is 6.09. The van der Waals surface area contributed by atoms with Crippen LogP contribution in [0.4, 0.5) is 0 Å². The van der Waals surface area contributed by atoms with Crippen molar-refractivity contribution >= 4 is 21.8 Å². The minimum Gasteiger partial charge on any atom is -0.309 e. The molecular formula is C44H37N3. The van der Waals surface area contributed by atoms with Gasteiger partial charge in [-0.25, -0.2) is 9.97 Å². The minimum absolute atomic E-state index is 0.230. The second-order valence-electron chi connectivity index (χ2n) is 14.3. The number of hydrogen-bond acceptors (Lipinski definition) is 2. The molecular weight excluding hydrogens is 571 g/mol. The molecule has 7 aromatic rings. The van der Waals surface area contributed by atoms with Gasteiger partial charge in [-0.05, 0) is 97.7 Å². The van der Waals surface area contributed by atoms with Crippen molar-refractivity contribution in [2.45, 2.75) is 37.5 Å². The Bertz CT molecular complexity index is 2170. The van der Waals surface area contributed by atoms with Crippen LogP contribution in [0.5, 0.6) is 0 Å². The molecule has 228 valence electrons. The van der Waals surface area contributed by atoms with E-state index in [2.05, 4.69) is 144 Å². The van der Waals surface area contributed by atoms with Crippen LogP contribution in [0.15, 0.2) is 140 Å². The fourth-order valence-corrected chi connectivity index (χ4v) is 10.1. The molecule has 4 saturated carbocycles. The average molecular weight is 608 g/mol. The fraction of sp³-hybridized carbons (Fsp3) is 0.227. The van der Waals surface area contributed by atoms with E-state index >= 15 is 0 Å². The summed E-state index contributed by atoms with van der Waals surface area (Å²) in [5.74, 6) is 3.76. The van der Waals surface area contributed by atoms with Gasteiger partial charge in [-0.15, -0.1) is 0 Å². The maximum Gasteiger partial charge on any atom is 0.140 e. The van der Waals surface area contributed by atoms with Gasteiger partial charge in [0.25, 0.3) is 0 Å². The van der Waals surface area contributed by atoms with Crippen molar-refractivity contribution in [3.8, 4) is 28.2 Å². The van der Waals surface area contributed by atoms with Crippen molar-refractivity contribution in [2.75, 3.05) is 0 Å². The molecule has 0 saturated heterocycles. The van der Waals surface area contributed by atoms with E-state index in [0.717, 1.165) is 40.2 Å². The second-order valence-corrected chi connectivity index (χ2v) is 14.3. The van der Waals surface area contributed by atoms with Crippen LogP contribution in [0, 0.1) is 23.7 Å². The molecule has 0 spiro atoms. The Morgan fingerprint density at radius 1 is 0.489 bits per heavy atom. The molecule has 0 unspecified atom stereocenters. The predicted molar refractivity (Wildman–Crippen MR) is 192 cm³/mol. The van der Waals surface area contributed by atoms with Crippen molar-refractivity contribution in [2.24, 2.45) is 23.7 Å². The summed E-state index contributed by atoms with van der Waals surface area (Å²) in [6, 6.07) is 50.7. The summed E-state index contributed by atoms with van der Waals surface area (Å²) in [4.78, 5) is 11.2. The summed E-state index contributed by atoms with van der Waals surface area (Å²) in [6.07, 6.45) is 6.51. The fourth-order valence-electron chi connectivity index (χ4n) is 10.1. The van der Waals surface area contributed by atoms with E-state index in [4.69, 9.17) is 9.97 Å². The van der Waals surface area contributed by atoms with Crippen molar-refractivity contribution < 1.29 is 0 Å². The van der Waals surface area contributed by atoms with Gasteiger partial charge in [0.05, 0.1) is 27.8 Å². The molecule has 5 aromatic carbocycles. The van der Waals surface area contributed by atoms with E-state index in [9.17, 15) is 0 Å². The molecule has 4 aliphatic carbocycles. The smallest absolute Gasteiger partial charge is 0.140 e. The van der Waals surface area contributed by atoms with Gasteiger partial charge in [-0.2, -0.15) is 0 Å². The lowest BCUT2D eigenvalue weighted by atomic mass is 9.43. The summed E-state index contributed by atoms with van der Waals surface area (Å²) in [5, 5.41) is 2.62. The molecule has 0 amide bonds. The van der Waals surface area contributed by atoms with E-state index in [1.807, 2.05) is 0 Å². The number of para-hydroxylation sites is 2. The third kappa shape index (κ3) is 4.12. The molecule has 0 N–H and O–H groups in total. The summed E-state index contributed by atoms with van der Waals surface area (Å²) < 4.78 is 2.43. The summed E-state index contributed by atoms with van der Waals surface area (Å²) in [6.45, 7) is 0. The highest BCUT2D eigenvalue weighted by Crippen LogP contribution is 2.65. The summed E-state index contributed by atoms with van der Waals surface area (Å²) in [7, 11) is 0. The topological polar surface area (TPSA) is 30.7 Å². The Morgan fingerprint density at radius 2 is 1.02 bits per heavy atom. The Balaban J connectivity index is 1.26. The molecule has 0 atom stereocenters. The van der Waals surface area contributed by atoms with Crippen molar-refractivity contribution in [1.29, 1.82) is 0 Å². The average Bonchev–Trinajstić information content (AvgIpc) is 3.46. The van der Waals surface area contributed by atoms with Crippen LogP contribution in [-0.2, 0) is 5.41 Å². The van der Waals surface area contributed by atoms with Gasteiger partial charge in [0, 0.05) is 27.6 Å². The third-order valence-corrected chi connectivity index (χ3v) is 11.8. The van der Waals surface area contributed by atoms with Crippen LogP contribution in [0.1, 0.15) is 43.5 Å². The Kier molecular flexibility index (Phi) is 6.06. The molecule has 2 aromatic heterocycles. The zero-order valence-electron chi connectivity index (χ0n) is 26.5. The van der Waals surface area contributed by atoms with E-state index < -0.39 is 0 Å². The zero-order valence-corrected chi connectivity index (χ0v) is 26.5. The predicted octanol–water partition coefficient (Wildman–Crippen LogP) is 10.6. The molecule has 11 rings (SSSR count). The van der Waals surface area contributed by atoms with Crippen LogP contribution >= 0.6 is 0 Å². The number of aromatic nitrogens is 3. The number of benzene rings is 5. The Labute approximate surface area is 276 Å². The van der Waals surface area contributed by atoms with Crippen molar-refractivity contribution in [3.05, 3.63) is 151 Å². The standard InChI is InChI=1S/C44H37N3/c1-4-12-31(13-5-1)39-28-40(32-14-6-2-7-15-32)46-43(45-39)44(34-23-29-22-30(25-34)26-35(44)24-29)33-20-21-42-38(27-33)37-18-10-11-19-41(37)47(42)36-16-8-3-9-17-36/h1-21,27-30,34-35H,22-26H2. The van der Waals surface area contributed by atoms with Crippen LogP contribution in [0.2, 0.25) is 0 Å². The van der Waals surface area contributed by atoms with Gasteiger partial charge in [0.2, 0.25) is 0 Å². The number of fused-ring (bicyclic) bond motifs is 3. The molecule has 0 radical (unpaired) electrons. The Morgan fingerprint density at radius 3 is 1.64 bits per heavy atom. The van der Waals surface area contributed by atoms with Crippen molar-refractivity contribution in [1.82, 2.24) is 14.5 Å². The van der Waals surface area contributed by atoms with E-state index in [1.165, 1.54) is 65.2 Å². The maximum atomic E-state index is 5.60. The quantitative estimate of drug-likeness (QED) is 0.195. The number of nitrogens with zero attached hydrogens (tertiary/aromatic N) is 3. The van der Waals surface area contributed by atoms with E-state index in [-0.39, 0.29) is 5.41 Å².